The Labute approximate surface area is 93.4 Å². The Morgan fingerprint density at radius 2 is 2.33 bits per heavy atom. The Hall–Kier alpha value is -1.22. The summed E-state index contributed by atoms with van der Waals surface area (Å²) in [6.07, 6.45) is 0.511. The first-order valence-electron chi connectivity index (χ1n) is 4.81. The van der Waals surface area contributed by atoms with Crippen LogP contribution in [0.2, 0.25) is 5.02 Å². The summed E-state index contributed by atoms with van der Waals surface area (Å²) in [5.41, 5.74) is 1.00. The van der Waals surface area contributed by atoms with Gasteiger partial charge in [-0.15, -0.1) is 0 Å². The second kappa shape index (κ2) is 4.11. The molecule has 1 aliphatic rings. The predicted octanol–water partition coefficient (Wildman–Crippen LogP) is 1.95. The first-order valence-corrected chi connectivity index (χ1v) is 5.18. The van der Waals surface area contributed by atoms with Crippen LogP contribution in [-0.2, 0) is 4.79 Å². The maximum atomic E-state index is 11.1. The minimum absolute atomic E-state index is 0.0852. The fraction of sp³-hybridized carbons (Fsp3) is 0.364. The Kier molecular flexibility index (Phi) is 2.82. The SMILES string of the molecule is COc1ccc(Cl)cc1C1CNC(=O)C1. The smallest absolute Gasteiger partial charge is 0.220 e. The molecule has 80 valence electrons. The monoisotopic (exact) mass is 225 g/mol. The number of ether oxygens (including phenoxy) is 1. The summed E-state index contributed by atoms with van der Waals surface area (Å²) >= 11 is 5.93. The number of nitrogens with one attached hydrogen (secondary N) is 1. The quantitative estimate of drug-likeness (QED) is 0.836. The van der Waals surface area contributed by atoms with Crippen LogP contribution in [0, 0.1) is 0 Å². The molecule has 0 spiro atoms. The molecule has 1 heterocycles. The molecule has 1 N–H and O–H groups in total. The lowest BCUT2D eigenvalue weighted by atomic mass is 9.97. The number of carbonyl (C=O) groups excluding carboxylic acids is 1. The van der Waals surface area contributed by atoms with Gasteiger partial charge in [-0.3, -0.25) is 4.79 Å². The van der Waals surface area contributed by atoms with E-state index in [-0.39, 0.29) is 11.8 Å². The lowest BCUT2D eigenvalue weighted by Gasteiger charge is -2.13. The van der Waals surface area contributed by atoms with Gasteiger partial charge in [0.05, 0.1) is 7.11 Å². The number of halogens is 1. The van der Waals surface area contributed by atoms with Crippen molar-refractivity contribution < 1.29 is 9.53 Å². The third kappa shape index (κ3) is 2.07. The van der Waals surface area contributed by atoms with E-state index in [2.05, 4.69) is 5.32 Å². The lowest BCUT2D eigenvalue weighted by Crippen LogP contribution is -2.13. The third-order valence-corrected chi connectivity index (χ3v) is 2.84. The van der Waals surface area contributed by atoms with Gasteiger partial charge in [0.25, 0.3) is 0 Å². The van der Waals surface area contributed by atoms with Crippen molar-refractivity contribution in [1.29, 1.82) is 0 Å². The van der Waals surface area contributed by atoms with Gasteiger partial charge in [-0.05, 0) is 18.2 Å². The van der Waals surface area contributed by atoms with Crippen LogP contribution in [-0.4, -0.2) is 19.6 Å². The number of rotatable bonds is 2. The van der Waals surface area contributed by atoms with E-state index in [1.807, 2.05) is 12.1 Å². The molecule has 1 aliphatic heterocycles. The van der Waals surface area contributed by atoms with Gasteiger partial charge < -0.3 is 10.1 Å². The van der Waals surface area contributed by atoms with Gasteiger partial charge in [0, 0.05) is 29.5 Å². The largest absolute Gasteiger partial charge is 0.496 e. The van der Waals surface area contributed by atoms with E-state index in [9.17, 15) is 4.79 Å². The van der Waals surface area contributed by atoms with Gasteiger partial charge in [-0.25, -0.2) is 0 Å². The molecule has 3 nitrogen and oxygen atoms in total. The number of hydrogen-bond donors (Lipinski definition) is 1. The van der Waals surface area contributed by atoms with E-state index in [1.54, 1.807) is 13.2 Å². The van der Waals surface area contributed by atoms with E-state index >= 15 is 0 Å². The predicted molar refractivity (Wildman–Crippen MR) is 58.4 cm³/mol. The van der Waals surface area contributed by atoms with Crippen LogP contribution in [0.15, 0.2) is 18.2 Å². The van der Waals surface area contributed by atoms with Gasteiger partial charge in [-0.1, -0.05) is 11.6 Å². The van der Waals surface area contributed by atoms with Crippen molar-refractivity contribution in [2.45, 2.75) is 12.3 Å². The highest BCUT2D eigenvalue weighted by atomic mass is 35.5. The van der Waals surface area contributed by atoms with Crippen LogP contribution in [0.5, 0.6) is 5.75 Å². The molecule has 1 unspecified atom stereocenters. The van der Waals surface area contributed by atoms with Crippen LogP contribution in [0.3, 0.4) is 0 Å². The molecule has 0 radical (unpaired) electrons. The summed E-state index contributed by atoms with van der Waals surface area (Å²) < 4.78 is 5.25. The molecule has 1 atom stereocenters. The molecule has 1 amide bonds. The number of carbonyl (C=O) groups is 1. The molecular weight excluding hydrogens is 214 g/mol. The zero-order chi connectivity index (χ0) is 10.8. The van der Waals surface area contributed by atoms with E-state index in [0.29, 0.717) is 18.0 Å². The van der Waals surface area contributed by atoms with Gasteiger partial charge >= 0.3 is 0 Å². The van der Waals surface area contributed by atoms with Crippen molar-refractivity contribution in [1.82, 2.24) is 5.32 Å². The van der Waals surface area contributed by atoms with E-state index in [4.69, 9.17) is 16.3 Å². The summed E-state index contributed by atoms with van der Waals surface area (Å²) in [7, 11) is 1.62. The minimum atomic E-state index is 0.0852. The van der Waals surface area contributed by atoms with Crippen LogP contribution in [0.4, 0.5) is 0 Å². The summed E-state index contributed by atoms with van der Waals surface area (Å²) in [6.45, 7) is 0.662. The fourth-order valence-corrected chi connectivity index (χ4v) is 2.03. The molecule has 1 aromatic rings. The van der Waals surface area contributed by atoms with Crippen LogP contribution in [0.25, 0.3) is 0 Å². The average molecular weight is 226 g/mol. The second-order valence-corrected chi connectivity index (χ2v) is 4.03. The summed E-state index contributed by atoms with van der Waals surface area (Å²) in [5, 5.41) is 3.47. The topological polar surface area (TPSA) is 38.3 Å². The maximum absolute atomic E-state index is 11.1. The Bertz CT molecular complexity index is 392. The van der Waals surface area contributed by atoms with Crippen LogP contribution in [0.1, 0.15) is 17.9 Å². The maximum Gasteiger partial charge on any atom is 0.220 e. The lowest BCUT2D eigenvalue weighted by molar-refractivity contribution is -0.119. The van der Waals surface area contributed by atoms with Crippen molar-refractivity contribution in [2.75, 3.05) is 13.7 Å². The average Bonchev–Trinajstić information content (AvgIpc) is 2.65. The highest BCUT2D eigenvalue weighted by Crippen LogP contribution is 2.32. The molecule has 1 saturated heterocycles. The molecule has 0 aliphatic carbocycles. The standard InChI is InChI=1S/C11H12ClNO2/c1-15-10-3-2-8(12)5-9(10)7-4-11(14)13-6-7/h2-3,5,7H,4,6H2,1H3,(H,13,14). The minimum Gasteiger partial charge on any atom is -0.496 e. The number of amides is 1. The number of methoxy groups -OCH3 is 1. The fourth-order valence-electron chi connectivity index (χ4n) is 1.85. The summed E-state index contributed by atoms with van der Waals surface area (Å²) in [5.74, 6) is 1.05. The Morgan fingerprint density at radius 3 is 2.93 bits per heavy atom. The number of benzene rings is 1. The summed E-state index contributed by atoms with van der Waals surface area (Å²) in [6, 6.07) is 5.49. The normalized spacial score (nSPS) is 20.1. The Balaban J connectivity index is 2.33. The molecule has 0 bridgehead atoms. The van der Waals surface area contributed by atoms with Crippen molar-refractivity contribution in [3.63, 3.8) is 0 Å². The zero-order valence-electron chi connectivity index (χ0n) is 8.42. The Morgan fingerprint density at radius 1 is 1.53 bits per heavy atom. The second-order valence-electron chi connectivity index (χ2n) is 3.59. The van der Waals surface area contributed by atoms with Gasteiger partial charge in [-0.2, -0.15) is 0 Å². The molecule has 0 saturated carbocycles. The van der Waals surface area contributed by atoms with Gasteiger partial charge in [0.1, 0.15) is 5.75 Å². The van der Waals surface area contributed by atoms with E-state index in [0.717, 1.165) is 11.3 Å². The van der Waals surface area contributed by atoms with Crippen molar-refractivity contribution in [3.8, 4) is 5.75 Å². The van der Waals surface area contributed by atoms with Crippen LogP contribution >= 0.6 is 11.6 Å². The van der Waals surface area contributed by atoms with Crippen molar-refractivity contribution >= 4 is 17.5 Å². The molecule has 0 aromatic heterocycles. The number of hydrogen-bond acceptors (Lipinski definition) is 2. The molecule has 4 heteroatoms. The third-order valence-electron chi connectivity index (χ3n) is 2.61. The molecule has 15 heavy (non-hydrogen) atoms. The zero-order valence-corrected chi connectivity index (χ0v) is 9.17. The van der Waals surface area contributed by atoms with Crippen molar-refractivity contribution in [2.24, 2.45) is 0 Å². The van der Waals surface area contributed by atoms with E-state index < -0.39 is 0 Å². The first kappa shape index (κ1) is 10.3. The van der Waals surface area contributed by atoms with Gasteiger partial charge in [0.2, 0.25) is 5.91 Å². The first-order chi connectivity index (χ1) is 7.20. The molecular formula is C11H12ClNO2. The molecule has 1 fully saturated rings. The van der Waals surface area contributed by atoms with Crippen LogP contribution < -0.4 is 10.1 Å². The summed E-state index contributed by atoms with van der Waals surface area (Å²) in [4.78, 5) is 11.1. The van der Waals surface area contributed by atoms with Crippen molar-refractivity contribution in [3.05, 3.63) is 28.8 Å². The highest BCUT2D eigenvalue weighted by Gasteiger charge is 2.25. The van der Waals surface area contributed by atoms with Gasteiger partial charge in [0.15, 0.2) is 0 Å². The molecule has 1 aromatic carbocycles. The highest BCUT2D eigenvalue weighted by molar-refractivity contribution is 6.30. The molecule has 2 rings (SSSR count). The van der Waals surface area contributed by atoms with E-state index in [1.165, 1.54) is 0 Å².